The second-order valence-corrected chi connectivity index (χ2v) is 6.33. The van der Waals surface area contributed by atoms with Crippen molar-refractivity contribution in [1.82, 2.24) is 16.0 Å². The standard InChI is InChI=1S/C21H26F2N4O/c1-4-25-21(27-14(2)16-8-9-18(22)19(23)13-16)26-11-10-15-6-5-7-17(12-15)20(28)24-3/h5-9,12-14H,4,10-11H2,1-3H3,(H,24,28)(H2,25,26,27). The Hall–Kier alpha value is -2.96. The highest BCUT2D eigenvalue weighted by atomic mass is 19.2. The van der Waals surface area contributed by atoms with E-state index in [4.69, 9.17) is 0 Å². The van der Waals surface area contributed by atoms with Crippen LogP contribution in [0, 0.1) is 11.6 Å². The summed E-state index contributed by atoms with van der Waals surface area (Å²) in [5.41, 5.74) is 2.25. The van der Waals surface area contributed by atoms with Crippen molar-refractivity contribution in [3.8, 4) is 0 Å². The quantitative estimate of drug-likeness (QED) is 0.504. The van der Waals surface area contributed by atoms with Gasteiger partial charge in [0.05, 0.1) is 6.04 Å². The van der Waals surface area contributed by atoms with Crippen LogP contribution in [0.5, 0.6) is 0 Å². The molecule has 0 aliphatic heterocycles. The fourth-order valence-corrected chi connectivity index (χ4v) is 2.70. The Morgan fingerprint density at radius 2 is 1.93 bits per heavy atom. The number of hydrogen-bond acceptors (Lipinski definition) is 2. The van der Waals surface area contributed by atoms with Gasteiger partial charge in [-0.05, 0) is 55.7 Å². The van der Waals surface area contributed by atoms with Crippen molar-refractivity contribution < 1.29 is 13.6 Å². The first kappa shape index (κ1) is 21.3. The van der Waals surface area contributed by atoms with Gasteiger partial charge in [0.25, 0.3) is 5.91 Å². The van der Waals surface area contributed by atoms with Crippen molar-refractivity contribution in [2.75, 3.05) is 20.1 Å². The topological polar surface area (TPSA) is 65.5 Å². The molecule has 5 nitrogen and oxygen atoms in total. The summed E-state index contributed by atoms with van der Waals surface area (Å²) < 4.78 is 26.6. The van der Waals surface area contributed by atoms with E-state index < -0.39 is 11.6 Å². The second kappa shape index (κ2) is 10.4. The van der Waals surface area contributed by atoms with E-state index in [9.17, 15) is 13.6 Å². The van der Waals surface area contributed by atoms with E-state index >= 15 is 0 Å². The zero-order valence-electron chi connectivity index (χ0n) is 16.4. The van der Waals surface area contributed by atoms with Gasteiger partial charge in [0, 0.05) is 25.7 Å². The van der Waals surface area contributed by atoms with Crippen LogP contribution in [0.2, 0.25) is 0 Å². The zero-order chi connectivity index (χ0) is 20.5. The van der Waals surface area contributed by atoms with Crippen LogP contribution in [-0.4, -0.2) is 32.0 Å². The van der Waals surface area contributed by atoms with Gasteiger partial charge in [-0.3, -0.25) is 9.79 Å². The van der Waals surface area contributed by atoms with Gasteiger partial charge in [-0.1, -0.05) is 18.2 Å². The van der Waals surface area contributed by atoms with Gasteiger partial charge in [0.15, 0.2) is 17.6 Å². The minimum Gasteiger partial charge on any atom is -0.357 e. The van der Waals surface area contributed by atoms with Crippen LogP contribution in [0.4, 0.5) is 8.78 Å². The monoisotopic (exact) mass is 388 g/mol. The van der Waals surface area contributed by atoms with Gasteiger partial charge in [-0.25, -0.2) is 8.78 Å². The molecule has 7 heteroatoms. The third kappa shape index (κ3) is 6.04. The molecule has 0 aliphatic rings. The largest absolute Gasteiger partial charge is 0.357 e. The lowest BCUT2D eigenvalue weighted by molar-refractivity contribution is 0.0963. The molecular weight excluding hydrogens is 362 g/mol. The number of nitrogens with one attached hydrogen (secondary N) is 3. The van der Waals surface area contributed by atoms with Gasteiger partial charge in [0.1, 0.15) is 0 Å². The van der Waals surface area contributed by atoms with E-state index in [1.807, 2.05) is 32.0 Å². The van der Waals surface area contributed by atoms with Crippen molar-refractivity contribution in [3.05, 3.63) is 70.8 Å². The first-order chi connectivity index (χ1) is 13.4. The molecule has 1 amide bonds. The number of aliphatic imine (C=N–C) groups is 1. The highest BCUT2D eigenvalue weighted by Crippen LogP contribution is 2.15. The second-order valence-electron chi connectivity index (χ2n) is 6.33. The molecule has 2 rings (SSSR count). The molecule has 1 atom stereocenters. The van der Waals surface area contributed by atoms with Crippen LogP contribution in [0.3, 0.4) is 0 Å². The van der Waals surface area contributed by atoms with E-state index in [-0.39, 0.29) is 11.9 Å². The molecule has 0 saturated heterocycles. The van der Waals surface area contributed by atoms with Crippen molar-refractivity contribution in [1.29, 1.82) is 0 Å². The molecule has 0 radical (unpaired) electrons. The summed E-state index contributed by atoms with van der Waals surface area (Å²) >= 11 is 0. The fraction of sp³-hybridized carbons (Fsp3) is 0.333. The fourth-order valence-electron chi connectivity index (χ4n) is 2.70. The van der Waals surface area contributed by atoms with Crippen molar-refractivity contribution in [2.24, 2.45) is 4.99 Å². The maximum atomic E-state index is 13.5. The molecule has 0 heterocycles. The predicted octanol–water partition coefficient (Wildman–Crippen LogP) is 3.18. The number of guanidine groups is 1. The van der Waals surface area contributed by atoms with Crippen molar-refractivity contribution >= 4 is 11.9 Å². The summed E-state index contributed by atoms with van der Waals surface area (Å²) in [5, 5.41) is 8.94. The average Bonchev–Trinajstić information content (AvgIpc) is 2.69. The van der Waals surface area contributed by atoms with Crippen LogP contribution in [0.15, 0.2) is 47.5 Å². The van der Waals surface area contributed by atoms with Gasteiger partial charge >= 0.3 is 0 Å². The first-order valence-corrected chi connectivity index (χ1v) is 9.25. The van der Waals surface area contributed by atoms with Crippen LogP contribution in [-0.2, 0) is 6.42 Å². The number of benzene rings is 2. The lowest BCUT2D eigenvalue weighted by Gasteiger charge is -2.18. The van der Waals surface area contributed by atoms with Crippen molar-refractivity contribution in [2.45, 2.75) is 26.3 Å². The third-order valence-electron chi connectivity index (χ3n) is 4.23. The lowest BCUT2D eigenvalue weighted by Crippen LogP contribution is -2.39. The summed E-state index contributed by atoms with van der Waals surface area (Å²) in [5.74, 6) is -1.28. The smallest absolute Gasteiger partial charge is 0.251 e. The number of hydrogen-bond donors (Lipinski definition) is 3. The Labute approximate surface area is 164 Å². The van der Waals surface area contributed by atoms with Gasteiger partial charge in [-0.2, -0.15) is 0 Å². The molecule has 3 N–H and O–H groups in total. The molecule has 1 unspecified atom stereocenters. The Kier molecular flexibility index (Phi) is 7.92. The lowest BCUT2D eigenvalue weighted by atomic mass is 10.1. The molecule has 0 spiro atoms. The van der Waals surface area contributed by atoms with Gasteiger partial charge < -0.3 is 16.0 Å². The number of nitrogens with zero attached hydrogens (tertiary/aromatic N) is 1. The minimum atomic E-state index is -0.871. The molecular formula is C21H26F2N4O. The number of carbonyl (C=O) groups is 1. The maximum Gasteiger partial charge on any atom is 0.251 e. The summed E-state index contributed by atoms with van der Waals surface area (Å²) in [7, 11) is 1.60. The summed E-state index contributed by atoms with van der Waals surface area (Å²) in [6, 6.07) is 11.0. The third-order valence-corrected chi connectivity index (χ3v) is 4.23. The first-order valence-electron chi connectivity index (χ1n) is 9.25. The molecule has 0 bridgehead atoms. The number of amides is 1. The van der Waals surface area contributed by atoms with E-state index in [1.54, 1.807) is 19.2 Å². The van der Waals surface area contributed by atoms with E-state index in [0.29, 0.717) is 36.6 Å². The molecule has 2 aromatic carbocycles. The molecule has 0 fully saturated rings. The number of halogens is 2. The molecule has 28 heavy (non-hydrogen) atoms. The van der Waals surface area contributed by atoms with Crippen LogP contribution in [0.25, 0.3) is 0 Å². The van der Waals surface area contributed by atoms with E-state index in [0.717, 1.165) is 11.6 Å². The highest BCUT2D eigenvalue weighted by molar-refractivity contribution is 5.94. The summed E-state index contributed by atoms with van der Waals surface area (Å²) in [4.78, 5) is 16.3. The Morgan fingerprint density at radius 1 is 1.14 bits per heavy atom. The van der Waals surface area contributed by atoms with E-state index in [1.165, 1.54) is 6.07 Å². The molecule has 0 aromatic heterocycles. The predicted molar refractivity (Wildman–Crippen MR) is 107 cm³/mol. The molecule has 0 saturated carbocycles. The normalized spacial score (nSPS) is 12.4. The van der Waals surface area contributed by atoms with Crippen LogP contribution >= 0.6 is 0 Å². The Bertz CT molecular complexity index is 839. The number of carbonyl (C=O) groups excluding carboxylic acids is 1. The molecule has 0 aliphatic carbocycles. The van der Waals surface area contributed by atoms with Gasteiger partial charge in [0.2, 0.25) is 0 Å². The summed E-state index contributed by atoms with van der Waals surface area (Å²) in [6.45, 7) is 4.98. The Morgan fingerprint density at radius 3 is 2.61 bits per heavy atom. The highest BCUT2D eigenvalue weighted by Gasteiger charge is 2.11. The zero-order valence-corrected chi connectivity index (χ0v) is 16.4. The molecule has 150 valence electrons. The van der Waals surface area contributed by atoms with Crippen molar-refractivity contribution in [3.63, 3.8) is 0 Å². The summed E-state index contributed by atoms with van der Waals surface area (Å²) in [6.07, 6.45) is 0.668. The van der Waals surface area contributed by atoms with Crippen LogP contribution in [0.1, 0.15) is 41.4 Å². The number of rotatable bonds is 7. The molecule has 2 aromatic rings. The van der Waals surface area contributed by atoms with Crippen LogP contribution < -0.4 is 16.0 Å². The van der Waals surface area contributed by atoms with E-state index in [2.05, 4.69) is 20.9 Å². The SMILES string of the molecule is CCNC(=NCCc1cccc(C(=O)NC)c1)NC(C)c1ccc(F)c(F)c1. The van der Waals surface area contributed by atoms with Gasteiger partial charge in [-0.15, -0.1) is 0 Å². The average molecular weight is 388 g/mol. The minimum absolute atomic E-state index is 0.124. The Balaban J connectivity index is 2.01. The maximum absolute atomic E-state index is 13.5.